The molecule has 0 spiro atoms. The Bertz CT molecular complexity index is 446. The number of nitrogens with two attached hydrogens (primary N) is 1. The molecule has 4 heteroatoms. The van der Waals surface area contributed by atoms with Gasteiger partial charge in [0.1, 0.15) is 11.6 Å². The van der Waals surface area contributed by atoms with Crippen LogP contribution in [0.4, 0.5) is 4.39 Å². The predicted molar refractivity (Wildman–Crippen MR) is 68.3 cm³/mol. The van der Waals surface area contributed by atoms with Crippen molar-refractivity contribution in [2.75, 3.05) is 13.2 Å². The van der Waals surface area contributed by atoms with Crippen LogP contribution in [0.1, 0.15) is 31.4 Å². The van der Waals surface area contributed by atoms with Crippen LogP contribution in [-0.2, 0) is 11.8 Å². The van der Waals surface area contributed by atoms with Crippen molar-refractivity contribution in [1.29, 1.82) is 0 Å². The molecule has 18 heavy (non-hydrogen) atoms. The molecular weight excluding hydrogens is 233 g/mol. The summed E-state index contributed by atoms with van der Waals surface area (Å²) in [4.78, 5) is 0. The number of benzene rings is 1. The molecule has 1 aromatic carbocycles. The standard InChI is InChI=1S/C14H20FNO2/c1-14(2,7-11(17)8-16)12-6-10(15)5-9-3-4-18-13(9)12/h5-6,11,17H,3-4,7-8,16H2,1-2H3/t11-/m1/s1. The summed E-state index contributed by atoms with van der Waals surface area (Å²) in [5.74, 6) is 0.537. The minimum absolute atomic E-state index is 0.210. The van der Waals surface area contributed by atoms with Gasteiger partial charge in [0.2, 0.25) is 0 Å². The van der Waals surface area contributed by atoms with E-state index in [1.165, 1.54) is 12.1 Å². The molecule has 0 amide bonds. The topological polar surface area (TPSA) is 55.5 Å². The van der Waals surface area contributed by atoms with E-state index in [0.717, 1.165) is 23.3 Å². The average Bonchev–Trinajstić information content (AvgIpc) is 2.74. The Morgan fingerprint density at radius 2 is 2.22 bits per heavy atom. The molecule has 0 unspecified atom stereocenters. The van der Waals surface area contributed by atoms with Crippen LogP contribution >= 0.6 is 0 Å². The molecule has 1 heterocycles. The normalized spacial score (nSPS) is 16.3. The first-order valence-electron chi connectivity index (χ1n) is 6.28. The fourth-order valence-electron chi connectivity index (χ4n) is 2.55. The van der Waals surface area contributed by atoms with Crippen LogP contribution in [0.25, 0.3) is 0 Å². The van der Waals surface area contributed by atoms with E-state index in [9.17, 15) is 9.50 Å². The van der Waals surface area contributed by atoms with Crippen LogP contribution in [0, 0.1) is 5.82 Å². The van der Waals surface area contributed by atoms with Crippen LogP contribution in [-0.4, -0.2) is 24.4 Å². The lowest BCUT2D eigenvalue weighted by atomic mass is 9.78. The summed E-state index contributed by atoms with van der Waals surface area (Å²) < 4.78 is 19.2. The van der Waals surface area contributed by atoms with E-state index in [1.54, 1.807) is 0 Å². The summed E-state index contributed by atoms with van der Waals surface area (Å²) in [6.45, 7) is 4.76. The fraction of sp³-hybridized carbons (Fsp3) is 0.571. The molecule has 1 aromatic rings. The molecule has 3 N–H and O–H groups in total. The number of hydrogen-bond donors (Lipinski definition) is 2. The van der Waals surface area contributed by atoms with Crippen LogP contribution < -0.4 is 10.5 Å². The van der Waals surface area contributed by atoms with Gasteiger partial charge in [-0.1, -0.05) is 13.8 Å². The second-order valence-corrected chi connectivity index (χ2v) is 5.52. The Morgan fingerprint density at radius 1 is 1.50 bits per heavy atom. The molecule has 2 rings (SSSR count). The lowest BCUT2D eigenvalue weighted by Crippen LogP contribution is -2.30. The third-order valence-corrected chi connectivity index (χ3v) is 3.50. The highest BCUT2D eigenvalue weighted by Gasteiger charge is 2.30. The maximum atomic E-state index is 13.6. The molecule has 0 aromatic heterocycles. The third-order valence-electron chi connectivity index (χ3n) is 3.50. The monoisotopic (exact) mass is 253 g/mol. The fourth-order valence-corrected chi connectivity index (χ4v) is 2.55. The molecule has 3 nitrogen and oxygen atoms in total. The van der Waals surface area contributed by atoms with Crippen LogP contribution in [0.5, 0.6) is 5.75 Å². The third kappa shape index (κ3) is 2.49. The van der Waals surface area contributed by atoms with Gasteiger partial charge in [0.25, 0.3) is 0 Å². The summed E-state index contributed by atoms with van der Waals surface area (Å²) in [6.07, 6.45) is 0.651. The second kappa shape index (κ2) is 4.86. The highest BCUT2D eigenvalue weighted by molar-refractivity contribution is 5.48. The Balaban J connectivity index is 2.38. The predicted octanol–water partition coefficient (Wildman–Crippen LogP) is 1.75. The van der Waals surface area contributed by atoms with E-state index in [0.29, 0.717) is 13.0 Å². The highest BCUT2D eigenvalue weighted by atomic mass is 19.1. The number of aliphatic hydroxyl groups excluding tert-OH is 1. The first-order valence-corrected chi connectivity index (χ1v) is 6.28. The van der Waals surface area contributed by atoms with Crippen LogP contribution in [0.3, 0.4) is 0 Å². The van der Waals surface area contributed by atoms with Crippen molar-refractivity contribution in [3.05, 3.63) is 29.1 Å². The van der Waals surface area contributed by atoms with Crippen molar-refractivity contribution in [1.82, 2.24) is 0 Å². The van der Waals surface area contributed by atoms with Crippen molar-refractivity contribution in [2.45, 2.75) is 38.2 Å². The summed E-state index contributed by atoms with van der Waals surface area (Å²) in [5, 5.41) is 9.71. The summed E-state index contributed by atoms with van der Waals surface area (Å²) in [7, 11) is 0. The number of fused-ring (bicyclic) bond motifs is 1. The minimum atomic E-state index is -0.583. The van der Waals surface area contributed by atoms with Crippen LogP contribution in [0.2, 0.25) is 0 Å². The Kier molecular flexibility index (Phi) is 3.59. The molecule has 1 aliphatic rings. The number of ether oxygens (including phenoxy) is 1. The largest absolute Gasteiger partial charge is 0.493 e. The van der Waals surface area contributed by atoms with E-state index >= 15 is 0 Å². The lowest BCUT2D eigenvalue weighted by Gasteiger charge is -2.29. The average molecular weight is 253 g/mol. The van der Waals surface area contributed by atoms with Gasteiger partial charge in [0, 0.05) is 24.1 Å². The molecule has 0 saturated heterocycles. The molecule has 0 aliphatic carbocycles. The molecule has 0 fully saturated rings. The summed E-state index contributed by atoms with van der Waals surface area (Å²) in [6, 6.07) is 3.04. The molecule has 0 saturated carbocycles. The van der Waals surface area contributed by atoms with Gasteiger partial charge in [0.15, 0.2) is 0 Å². The van der Waals surface area contributed by atoms with Crippen LogP contribution in [0.15, 0.2) is 12.1 Å². The van der Waals surface area contributed by atoms with Crippen molar-refractivity contribution in [2.24, 2.45) is 5.73 Å². The van der Waals surface area contributed by atoms with Crippen molar-refractivity contribution in [3.63, 3.8) is 0 Å². The van der Waals surface area contributed by atoms with Crippen molar-refractivity contribution >= 4 is 0 Å². The van der Waals surface area contributed by atoms with Gasteiger partial charge >= 0.3 is 0 Å². The zero-order valence-electron chi connectivity index (χ0n) is 10.9. The summed E-state index contributed by atoms with van der Waals surface area (Å²) >= 11 is 0. The Hall–Kier alpha value is -1.13. The zero-order valence-corrected chi connectivity index (χ0v) is 10.9. The molecule has 1 atom stereocenters. The van der Waals surface area contributed by atoms with E-state index in [1.807, 2.05) is 13.8 Å². The Morgan fingerprint density at radius 3 is 2.89 bits per heavy atom. The van der Waals surface area contributed by atoms with Gasteiger partial charge in [0.05, 0.1) is 12.7 Å². The maximum Gasteiger partial charge on any atom is 0.126 e. The van der Waals surface area contributed by atoms with Gasteiger partial charge in [-0.2, -0.15) is 0 Å². The van der Waals surface area contributed by atoms with Crippen molar-refractivity contribution in [3.8, 4) is 5.75 Å². The quantitative estimate of drug-likeness (QED) is 0.859. The van der Waals surface area contributed by atoms with E-state index in [-0.39, 0.29) is 17.8 Å². The van der Waals surface area contributed by atoms with Crippen molar-refractivity contribution < 1.29 is 14.2 Å². The van der Waals surface area contributed by atoms with E-state index in [4.69, 9.17) is 10.5 Å². The number of halogens is 1. The van der Waals surface area contributed by atoms with Gasteiger partial charge in [-0.25, -0.2) is 4.39 Å². The smallest absolute Gasteiger partial charge is 0.126 e. The van der Waals surface area contributed by atoms with Gasteiger partial charge in [-0.3, -0.25) is 0 Å². The molecular formula is C14H20FNO2. The molecule has 0 radical (unpaired) electrons. The van der Waals surface area contributed by atoms with E-state index in [2.05, 4.69) is 0 Å². The maximum absolute atomic E-state index is 13.6. The van der Waals surface area contributed by atoms with Gasteiger partial charge in [-0.05, 0) is 24.0 Å². The number of aliphatic hydroxyl groups is 1. The van der Waals surface area contributed by atoms with Gasteiger partial charge < -0.3 is 15.6 Å². The molecule has 1 aliphatic heterocycles. The highest BCUT2D eigenvalue weighted by Crippen LogP contribution is 2.40. The van der Waals surface area contributed by atoms with E-state index < -0.39 is 6.10 Å². The zero-order chi connectivity index (χ0) is 13.3. The van der Waals surface area contributed by atoms with Gasteiger partial charge in [-0.15, -0.1) is 0 Å². The number of rotatable bonds is 4. The molecule has 100 valence electrons. The lowest BCUT2D eigenvalue weighted by molar-refractivity contribution is 0.145. The first-order chi connectivity index (χ1) is 8.44. The first kappa shape index (κ1) is 13.3. The SMILES string of the molecule is CC(C)(C[C@@H](O)CN)c1cc(F)cc2c1OCC2. The number of hydrogen-bond acceptors (Lipinski definition) is 3. The summed E-state index contributed by atoms with van der Waals surface area (Å²) in [5.41, 5.74) is 6.82. The molecule has 0 bridgehead atoms. The Labute approximate surface area is 107 Å². The minimum Gasteiger partial charge on any atom is -0.493 e. The second-order valence-electron chi connectivity index (χ2n) is 5.52.